The van der Waals surface area contributed by atoms with E-state index in [0.717, 1.165) is 71.7 Å². The molecule has 0 bridgehead atoms. The first-order valence-electron chi connectivity index (χ1n) is 12.3. The number of pyridine rings is 1. The van der Waals surface area contributed by atoms with Crippen LogP contribution in [-0.2, 0) is 6.54 Å². The van der Waals surface area contributed by atoms with E-state index in [1.54, 1.807) is 0 Å². The Kier molecular flexibility index (Phi) is 6.93. The van der Waals surface area contributed by atoms with Crippen LogP contribution < -0.4 is 10.2 Å². The molecule has 1 saturated heterocycles. The molecule has 0 aliphatic carbocycles. The Morgan fingerprint density at radius 1 is 1.08 bits per heavy atom. The summed E-state index contributed by atoms with van der Waals surface area (Å²) in [5.41, 5.74) is 7.72. The molecule has 4 aromatic rings. The van der Waals surface area contributed by atoms with Gasteiger partial charge in [-0.15, -0.1) is 0 Å². The highest BCUT2D eigenvalue weighted by molar-refractivity contribution is 5.97. The molecule has 0 atom stereocenters. The third-order valence-electron chi connectivity index (χ3n) is 6.64. The van der Waals surface area contributed by atoms with Gasteiger partial charge in [0.05, 0.1) is 11.7 Å². The van der Waals surface area contributed by atoms with E-state index in [4.69, 9.17) is 0 Å². The second-order valence-corrected chi connectivity index (χ2v) is 9.53. The van der Waals surface area contributed by atoms with Gasteiger partial charge in [-0.2, -0.15) is 5.10 Å². The molecule has 1 aliphatic heterocycles. The molecule has 0 saturated carbocycles. The van der Waals surface area contributed by atoms with Gasteiger partial charge in [0, 0.05) is 61.8 Å². The minimum atomic E-state index is 0.719. The minimum Gasteiger partial charge on any atom is -0.369 e. The van der Waals surface area contributed by atoms with E-state index in [0.29, 0.717) is 0 Å². The number of anilines is 1. The maximum Gasteiger partial charge on any atom is 0.162 e. The lowest BCUT2D eigenvalue weighted by Crippen LogP contribution is -2.43. The molecule has 0 unspecified atom stereocenters. The van der Waals surface area contributed by atoms with Crippen LogP contribution in [0.4, 0.5) is 11.5 Å². The highest BCUT2D eigenvalue weighted by Gasteiger charge is 2.15. The second-order valence-electron chi connectivity index (χ2n) is 9.53. The fourth-order valence-electron chi connectivity index (χ4n) is 4.81. The lowest BCUT2D eigenvalue weighted by molar-refractivity contribution is 0.402. The lowest BCUT2D eigenvalue weighted by atomic mass is 10.0. The summed E-state index contributed by atoms with van der Waals surface area (Å²) in [5, 5.41) is 9.13. The van der Waals surface area contributed by atoms with Gasteiger partial charge in [0.15, 0.2) is 5.82 Å². The zero-order chi connectivity index (χ0) is 25.1. The number of aliphatic imine (C=N–C) groups is 1. The monoisotopic (exact) mass is 479 g/mol. The summed E-state index contributed by atoms with van der Waals surface area (Å²) in [6, 6.07) is 17.2. The third kappa shape index (κ3) is 4.94. The molecule has 5 rings (SSSR count). The normalized spacial score (nSPS) is 14.6. The minimum absolute atomic E-state index is 0.719. The number of rotatable bonds is 7. The molecule has 1 N–H and O–H groups in total. The fraction of sp³-hybridized carbons (Fsp3) is 0.276. The molecule has 0 radical (unpaired) electrons. The van der Waals surface area contributed by atoms with Crippen LogP contribution in [0.5, 0.6) is 0 Å². The zero-order valence-electron chi connectivity index (χ0n) is 21.3. The van der Waals surface area contributed by atoms with Crippen molar-refractivity contribution in [3.05, 3.63) is 72.1 Å². The summed E-state index contributed by atoms with van der Waals surface area (Å²) in [6.45, 7) is 11.0. The van der Waals surface area contributed by atoms with Crippen molar-refractivity contribution >= 4 is 40.9 Å². The first-order chi connectivity index (χ1) is 17.5. The quantitative estimate of drug-likeness (QED) is 0.381. The van der Waals surface area contributed by atoms with Gasteiger partial charge in [0.25, 0.3) is 0 Å². The Bertz CT molecular complexity index is 1390. The molecule has 7 nitrogen and oxygen atoms in total. The molecule has 0 amide bonds. The molecule has 1 aliphatic rings. The molecule has 7 heteroatoms. The van der Waals surface area contributed by atoms with Crippen molar-refractivity contribution in [3.63, 3.8) is 0 Å². The third-order valence-corrected chi connectivity index (χ3v) is 6.64. The number of hydrogen-bond donors (Lipinski definition) is 1. The predicted octanol–water partition coefficient (Wildman–Crippen LogP) is 4.92. The van der Waals surface area contributed by atoms with Crippen molar-refractivity contribution in [1.29, 1.82) is 0 Å². The standard InChI is InChI=1S/C29H33N7/c1-21(23-6-8-24(9-7-23)35-15-13-31-14-16-35)19-36-29(30-2)27(18-33-36)25-11-12-32-28-17-22(20-34(3)4)5-10-26(25)28/h5-12,17-19,31H,2,13-16,20H2,1,3-4H3/b21-19+. The Morgan fingerprint density at radius 2 is 1.86 bits per heavy atom. The van der Waals surface area contributed by atoms with E-state index < -0.39 is 0 Å². The Morgan fingerprint density at radius 3 is 2.58 bits per heavy atom. The molecule has 2 aromatic carbocycles. The second kappa shape index (κ2) is 10.4. The topological polar surface area (TPSA) is 61.6 Å². The van der Waals surface area contributed by atoms with Crippen LogP contribution in [0, 0.1) is 0 Å². The van der Waals surface area contributed by atoms with E-state index in [1.165, 1.54) is 11.3 Å². The number of nitrogens with zero attached hydrogens (tertiary/aromatic N) is 6. The summed E-state index contributed by atoms with van der Waals surface area (Å²) >= 11 is 0. The largest absolute Gasteiger partial charge is 0.369 e. The Hall–Kier alpha value is -3.81. The number of allylic oxidation sites excluding steroid dienone is 1. The molecule has 36 heavy (non-hydrogen) atoms. The van der Waals surface area contributed by atoms with Crippen molar-refractivity contribution in [2.45, 2.75) is 13.5 Å². The van der Waals surface area contributed by atoms with E-state index in [2.05, 4.69) is 100 Å². The van der Waals surface area contributed by atoms with Gasteiger partial charge < -0.3 is 15.1 Å². The van der Waals surface area contributed by atoms with Crippen molar-refractivity contribution in [1.82, 2.24) is 25.0 Å². The van der Waals surface area contributed by atoms with Crippen molar-refractivity contribution in [3.8, 4) is 11.1 Å². The summed E-state index contributed by atoms with van der Waals surface area (Å²) in [6.07, 6.45) is 5.73. The van der Waals surface area contributed by atoms with Crippen molar-refractivity contribution < 1.29 is 0 Å². The van der Waals surface area contributed by atoms with E-state index in [-0.39, 0.29) is 0 Å². The van der Waals surface area contributed by atoms with E-state index >= 15 is 0 Å². The summed E-state index contributed by atoms with van der Waals surface area (Å²) in [7, 11) is 4.14. The van der Waals surface area contributed by atoms with Gasteiger partial charge in [-0.1, -0.05) is 24.3 Å². The molecular formula is C29H33N7. The highest BCUT2D eigenvalue weighted by atomic mass is 15.3. The Labute approximate surface area is 212 Å². The van der Waals surface area contributed by atoms with Crippen LogP contribution >= 0.6 is 0 Å². The van der Waals surface area contributed by atoms with E-state index in [9.17, 15) is 0 Å². The van der Waals surface area contributed by atoms with Crippen molar-refractivity contribution in [2.75, 3.05) is 45.2 Å². The van der Waals surface area contributed by atoms with Crippen LogP contribution in [-0.4, -0.2) is 66.7 Å². The van der Waals surface area contributed by atoms with Crippen LogP contribution in [0.25, 0.3) is 33.8 Å². The van der Waals surface area contributed by atoms with Gasteiger partial charge in [0.2, 0.25) is 0 Å². The maximum atomic E-state index is 4.65. The number of nitrogens with one attached hydrogen (secondary N) is 1. The summed E-state index contributed by atoms with van der Waals surface area (Å²) < 4.78 is 1.81. The van der Waals surface area contributed by atoms with Crippen LogP contribution in [0.2, 0.25) is 0 Å². The SMILES string of the molecule is C=Nc1c(-c2ccnc3cc(CN(C)C)ccc23)cnn1/C=C(\C)c1ccc(N2CCNCC2)cc1. The van der Waals surface area contributed by atoms with Gasteiger partial charge in [-0.3, -0.25) is 4.98 Å². The van der Waals surface area contributed by atoms with Crippen LogP contribution in [0.3, 0.4) is 0 Å². The van der Waals surface area contributed by atoms with Crippen LogP contribution in [0.15, 0.2) is 65.9 Å². The lowest BCUT2D eigenvalue weighted by Gasteiger charge is -2.29. The van der Waals surface area contributed by atoms with Crippen LogP contribution in [0.1, 0.15) is 18.1 Å². The first-order valence-corrected chi connectivity index (χ1v) is 12.3. The van der Waals surface area contributed by atoms with E-state index in [1.807, 2.05) is 29.3 Å². The summed E-state index contributed by atoms with van der Waals surface area (Å²) in [4.78, 5) is 13.5. The smallest absolute Gasteiger partial charge is 0.162 e. The number of piperazine rings is 1. The Balaban J connectivity index is 1.45. The molecule has 2 aromatic heterocycles. The fourth-order valence-corrected chi connectivity index (χ4v) is 4.81. The average molecular weight is 480 g/mol. The zero-order valence-corrected chi connectivity index (χ0v) is 21.3. The molecule has 1 fully saturated rings. The van der Waals surface area contributed by atoms with Gasteiger partial charge in [0.1, 0.15) is 0 Å². The number of fused-ring (bicyclic) bond motifs is 1. The van der Waals surface area contributed by atoms with Crippen molar-refractivity contribution in [2.24, 2.45) is 4.99 Å². The predicted molar refractivity (Wildman–Crippen MR) is 151 cm³/mol. The highest BCUT2D eigenvalue weighted by Crippen LogP contribution is 2.35. The van der Waals surface area contributed by atoms with Gasteiger partial charge >= 0.3 is 0 Å². The number of hydrogen-bond acceptors (Lipinski definition) is 6. The molecule has 0 spiro atoms. The summed E-state index contributed by atoms with van der Waals surface area (Å²) in [5.74, 6) is 0.719. The number of benzene rings is 2. The molecule has 3 heterocycles. The van der Waals surface area contributed by atoms with Gasteiger partial charge in [-0.05, 0) is 74.3 Å². The average Bonchev–Trinajstić information content (AvgIpc) is 3.30. The molecular weight excluding hydrogens is 446 g/mol. The number of aromatic nitrogens is 3. The van der Waals surface area contributed by atoms with Gasteiger partial charge in [-0.25, -0.2) is 9.67 Å². The molecule has 184 valence electrons. The first kappa shape index (κ1) is 23.9. The maximum absolute atomic E-state index is 4.65.